The Labute approximate surface area is 141 Å². The van der Waals surface area contributed by atoms with Crippen LogP contribution in [0.5, 0.6) is 0 Å². The number of hydrogen-bond acceptors (Lipinski definition) is 3. The number of halogens is 1. The molecule has 1 aromatic carbocycles. The molecule has 1 N–H and O–H groups in total. The van der Waals surface area contributed by atoms with Crippen molar-refractivity contribution in [3.05, 3.63) is 59.0 Å². The van der Waals surface area contributed by atoms with Gasteiger partial charge in [0.25, 0.3) is 0 Å². The van der Waals surface area contributed by atoms with Crippen molar-refractivity contribution in [1.29, 1.82) is 0 Å². The summed E-state index contributed by atoms with van der Waals surface area (Å²) < 4.78 is 5.23. The van der Waals surface area contributed by atoms with Crippen molar-refractivity contribution in [2.75, 3.05) is 13.1 Å². The maximum atomic E-state index is 12.2. The predicted octanol–water partition coefficient (Wildman–Crippen LogP) is 3.46. The molecule has 0 aliphatic carbocycles. The van der Waals surface area contributed by atoms with Gasteiger partial charge in [-0.2, -0.15) is 0 Å². The number of furan rings is 1. The van der Waals surface area contributed by atoms with Gasteiger partial charge in [-0.25, -0.2) is 0 Å². The number of nitrogens with one attached hydrogen (secondary N) is 1. The molecule has 0 saturated carbocycles. The number of carbonyl (C=O) groups excluding carboxylic acids is 1. The number of carbonyl (C=O) groups is 1. The quantitative estimate of drug-likeness (QED) is 0.912. The zero-order chi connectivity index (χ0) is 16.1. The average Bonchev–Trinajstić information content (AvgIpc) is 3.09. The lowest BCUT2D eigenvalue weighted by Gasteiger charge is -2.31. The molecule has 122 valence electrons. The average molecular weight is 333 g/mol. The highest BCUT2D eigenvalue weighted by Gasteiger charge is 2.25. The van der Waals surface area contributed by atoms with Gasteiger partial charge in [0.2, 0.25) is 5.91 Å². The molecule has 0 atom stereocenters. The highest BCUT2D eigenvalue weighted by molar-refractivity contribution is 6.31. The number of amides is 1. The van der Waals surface area contributed by atoms with Gasteiger partial charge in [0, 0.05) is 17.5 Å². The van der Waals surface area contributed by atoms with E-state index in [1.807, 2.05) is 30.3 Å². The Kier molecular flexibility index (Phi) is 5.36. The van der Waals surface area contributed by atoms with E-state index in [1.54, 1.807) is 6.26 Å². The van der Waals surface area contributed by atoms with Crippen molar-refractivity contribution < 1.29 is 9.21 Å². The third kappa shape index (κ3) is 4.36. The molecule has 5 heteroatoms. The molecule has 0 radical (unpaired) electrons. The molecule has 1 aliphatic heterocycles. The maximum absolute atomic E-state index is 12.2. The Morgan fingerprint density at radius 3 is 2.70 bits per heavy atom. The molecule has 23 heavy (non-hydrogen) atoms. The van der Waals surface area contributed by atoms with Gasteiger partial charge in [0.05, 0.1) is 12.8 Å². The summed E-state index contributed by atoms with van der Waals surface area (Å²) in [5.41, 5.74) is 1.15. The molecule has 1 aliphatic rings. The van der Waals surface area contributed by atoms with Crippen molar-refractivity contribution >= 4 is 17.5 Å². The number of piperidine rings is 1. The van der Waals surface area contributed by atoms with Crippen molar-refractivity contribution in [3.8, 4) is 0 Å². The topological polar surface area (TPSA) is 45.5 Å². The van der Waals surface area contributed by atoms with Crippen LogP contribution in [0.15, 0.2) is 47.1 Å². The van der Waals surface area contributed by atoms with Gasteiger partial charge in [0.15, 0.2) is 0 Å². The number of hydrogen-bond donors (Lipinski definition) is 1. The van der Waals surface area contributed by atoms with Gasteiger partial charge in [-0.15, -0.1) is 0 Å². The Morgan fingerprint density at radius 1 is 1.22 bits per heavy atom. The van der Waals surface area contributed by atoms with E-state index < -0.39 is 0 Å². The molecule has 0 spiro atoms. The summed E-state index contributed by atoms with van der Waals surface area (Å²) >= 11 is 6.21. The number of likely N-dealkylation sites (tertiary alicyclic amines) is 1. The third-order valence-corrected chi connectivity index (χ3v) is 4.70. The van der Waals surface area contributed by atoms with Gasteiger partial charge < -0.3 is 9.73 Å². The van der Waals surface area contributed by atoms with Crippen molar-refractivity contribution in [2.45, 2.75) is 25.9 Å². The lowest BCUT2D eigenvalue weighted by atomic mass is 9.95. The molecule has 1 aromatic heterocycles. The normalized spacial score (nSPS) is 16.4. The molecule has 0 bridgehead atoms. The van der Waals surface area contributed by atoms with E-state index >= 15 is 0 Å². The first-order chi connectivity index (χ1) is 11.2. The van der Waals surface area contributed by atoms with Crippen molar-refractivity contribution in [3.63, 3.8) is 0 Å². The molecule has 3 rings (SSSR count). The van der Waals surface area contributed by atoms with Crippen LogP contribution in [0.4, 0.5) is 0 Å². The molecule has 2 aromatic rings. The Balaban J connectivity index is 1.44. The number of benzene rings is 1. The van der Waals surface area contributed by atoms with E-state index in [0.717, 1.165) is 48.8 Å². The Bertz CT molecular complexity index is 634. The number of nitrogens with zero attached hydrogens (tertiary/aromatic N) is 1. The minimum Gasteiger partial charge on any atom is -0.467 e. The minimum atomic E-state index is 0.0902. The zero-order valence-corrected chi connectivity index (χ0v) is 13.8. The van der Waals surface area contributed by atoms with E-state index in [1.165, 1.54) is 0 Å². The fourth-order valence-electron chi connectivity index (χ4n) is 2.95. The molecule has 1 fully saturated rings. The maximum Gasteiger partial charge on any atom is 0.223 e. The van der Waals surface area contributed by atoms with Gasteiger partial charge in [-0.05, 0) is 49.7 Å². The third-order valence-electron chi connectivity index (χ3n) is 4.33. The molecular weight excluding hydrogens is 312 g/mol. The van der Waals surface area contributed by atoms with Crippen LogP contribution in [0.2, 0.25) is 5.02 Å². The monoisotopic (exact) mass is 332 g/mol. The second-order valence-corrected chi connectivity index (χ2v) is 6.35. The van der Waals surface area contributed by atoms with E-state index in [2.05, 4.69) is 16.3 Å². The molecular formula is C18H21ClN2O2. The van der Waals surface area contributed by atoms with E-state index in [9.17, 15) is 4.79 Å². The van der Waals surface area contributed by atoms with Crippen LogP contribution in [0, 0.1) is 5.92 Å². The Hall–Kier alpha value is -1.78. The summed E-state index contributed by atoms with van der Waals surface area (Å²) in [4.78, 5) is 14.6. The molecule has 0 unspecified atom stereocenters. The van der Waals surface area contributed by atoms with Gasteiger partial charge >= 0.3 is 0 Å². The largest absolute Gasteiger partial charge is 0.467 e. The summed E-state index contributed by atoms with van der Waals surface area (Å²) in [5.74, 6) is 1.00. The summed E-state index contributed by atoms with van der Waals surface area (Å²) in [6.45, 7) is 3.15. The smallest absolute Gasteiger partial charge is 0.223 e. The molecule has 1 saturated heterocycles. The highest BCUT2D eigenvalue weighted by Crippen LogP contribution is 2.22. The van der Waals surface area contributed by atoms with Crippen LogP contribution in [-0.2, 0) is 17.9 Å². The summed E-state index contributed by atoms with van der Waals surface area (Å²) in [5, 5.41) is 3.77. The summed E-state index contributed by atoms with van der Waals surface area (Å²) in [7, 11) is 0. The lowest BCUT2D eigenvalue weighted by molar-refractivity contribution is -0.126. The first-order valence-electron chi connectivity index (χ1n) is 7.98. The molecule has 2 heterocycles. The minimum absolute atomic E-state index is 0.0902. The predicted molar refractivity (Wildman–Crippen MR) is 90.0 cm³/mol. The molecule has 1 amide bonds. The van der Waals surface area contributed by atoms with Crippen molar-refractivity contribution in [2.24, 2.45) is 5.92 Å². The van der Waals surface area contributed by atoms with E-state index in [-0.39, 0.29) is 11.8 Å². The summed E-state index contributed by atoms with van der Waals surface area (Å²) in [6, 6.07) is 11.6. The fourth-order valence-corrected chi connectivity index (χ4v) is 3.15. The van der Waals surface area contributed by atoms with Gasteiger partial charge in [-0.3, -0.25) is 9.69 Å². The van der Waals surface area contributed by atoms with Gasteiger partial charge in [0.1, 0.15) is 5.76 Å². The van der Waals surface area contributed by atoms with Crippen LogP contribution < -0.4 is 5.32 Å². The van der Waals surface area contributed by atoms with Crippen LogP contribution in [0.3, 0.4) is 0 Å². The lowest BCUT2D eigenvalue weighted by Crippen LogP contribution is -2.40. The van der Waals surface area contributed by atoms with Crippen LogP contribution in [0.25, 0.3) is 0 Å². The first-order valence-corrected chi connectivity index (χ1v) is 8.36. The fraction of sp³-hybridized carbons (Fsp3) is 0.389. The first kappa shape index (κ1) is 16.1. The van der Waals surface area contributed by atoms with Crippen LogP contribution in [-0.4, -0.2) is 23.9 Å². The summed E-state index contributed by atoms with van der Waals surface area (Å²) in [6.07, 6.45) is 3.39. The Morgan fingerprint density at radius 2 is 2.00 bits per heavy atom. The van der Waals surface area contributed by atoms with Crippen LogP contribution in [0.1, 0.15) is 24.2 Å². The SMILES string of the molecule is O=C(NCc1ccco1)C1CCN(Cc2ccccc2Cl)CC1. The highest BCUT2D eigenvalue weighted by atomic mass is 35.5. The van der Waals surface area contributed by atoms with Crippen LogP contribution >= 0.6 is 11.6 Å². The van der Waals surface area contributed by atoms with Crippen molar-refractivity contribution in [1.82, 2.24) is 10.2 Å². The second kappa shape index (κ2) is 7.66. The van der Waals surface area contributed by atoms with E-state index in [0.29, 0.717) is 6.54 Å². The van der Waals surface area contributed by atoms with E-state index in [4.69, 9.17) is 16.0 Å². The van der Waals surface area contributed by atoms with Gasteiger partial charge in [-0.1, -0.05) is 29.8 Å². The second-order valence-electron chi connectivity index (χ2n) is 5.94. The number of rotatable bonds is 5. The zero-order valence-electron chi connectivity index (χ0n) is 13.0. The molecule has 4 nitrogen and oxygen atoms in total. The standard InChI is InChI=1S/C18H21ClN2O2/c19-17-6-2-1-4-15(17)13-21-9-7-14(8-10-21)18(22)20-12-16-5-3-11-23-16/h1-6,11,14H,7-10,12-13H2,(H,20,22).